The average molecular weight is 677 g/mol. The third-order valence-electron chi connectivity index (χ3n) is 7.16. The van der Waals surface area contributed by atoms with Crippen LogP contribution < -0.4 is 26.6 Å². The van der Waals surface area contributed by atoms with E-state index in [2.05, 4.69) is 26.6 Å². The van der Waals surface area contributed by atoms with Crippen molar-refractivity contribution in [3.8, 4) is 0 Å². The fraction of sp³-hybridized carbons (Fsp3) is 0.531. The van der Waals surface area contributed by atoms with Crippen LogP contribution in [0.25, 0.3) is 0 Å². The van der Waals surface area contributed by atoms with Gasteiger partial charge in [-0.15, -0.1) is 0 Å². The van der Waals surface area contributed by atoms with Crippen LogP contribution in [0.2, 0.25) is 0 Å². The molecule has 1 aliphatic heterocycles. The van der Waals surface area contributed by atoms with E-state index in [0.717, 1.165) is 4.90 Å². The Kier molecular flexibility index (Phi) is 16.7. The number of amides is 7. The SMILES string of the molecule is CC(C)C(NC(=O)CCCCCN1C(=O)C=CC1=O)C(=O)NCC(=O)Nc1ccc(COC(=O)N[C@H](CF)CCNC(=O)[C@H](C)O)cc1. The minimum atomic E-state index is -1.20. The number of aliphatic hydroxyl groups excluding tert-OH is 1. The number of hydrogen-bond acceptors (Lipinski definition) is 9. The third-order valence-corrected chi connectivity index (χ3v) is 7.16. The van der Waals surface area contributed by atoms with Crippen LogP contribution >= 0.6 is 0 Å². The van der Waals surface area contributed by atoms with Gasteiger partial charge < -0.3 is 36.4 Å². The van der Waals surface area contributed by atoms with E-state index in [4.69, 9.17) is 9.84 Å². The van der Waals surface area contributed by atoms with Gasteiger partial charge in [0, 0.05) is 37.3 Å². The average Bonchev–Trinajstić information content (AvgIpc) is 3.37. The molecule has 0 spiro atoms. The van der Waals surface area contributed by atoms with Gasteiger partial charge in [0.15, 0.2) is 0 Å². The molecule has 1 heterocycles. The normalized spacial score (nSPS) is 14.2. The number of unbranched alkanes of at least 4 members (excludes halogenated alkanes) is 2. The topological polar surface area (TPSA) is 212 Å². The van der Waals surface area contributed by atoms with Gasteiger partial charge in [0.25, 0.3) is 11.8 Å². The Balaban J connectivity index is 1.68. The standard InChI is InChI=1S/C32H45FN6O9/c1-20(2)29(38-25(41)7-5-4-6-16-39-27(43)12-13-28(39)44)31(46)35-18-26(42)36-23-10-8-22(9-11-23)19-48-32(47)37-24(17-33)14-15-34-30(45)21(3)40/h8-13,20-21,24,29,40H,4-7,14-19H2,1-3H3,(H,34,45)(H,35,46)(H,36,42)(H,37,47)(H,38,41)/t21-,24-,29?/m0/s1. The fourth-order valence-corrected chi connectivity index (χ4v) is 4.39. The highest BCUT2D eigenvalue weighted by atomic mass is 19.1. The maximum Gasteiger partial charge on any atom is 0.407 e. The molecule has 0 saturated heterocycles. The fourth-order valence-electron chi connectivity index (χ4n) is 4.39. The van der Waals surface area contributed by atoms with E-state index in [1.807, 2.05) is 0 Å². The van der Waals surface area contributed by atoms with E-state index in [1.165, 1.54) is 19.1 Å². The molecule has 264 valence electrons. The number of benzene rings is 1. The maximum atomic E-state index is 13.2. The summed E-state index contributed by atoms with van der Waals surface area (Å²) < 4.78 is 18.3. The lowest BCUT2D eigenvalue weighted by atomic mass is 10.0. The summed E-state index contributed by atoms with van der Waals surface area (Å²) in [6, 6.07) is 4.60. The lowest BCUT2D eigenvalue weighted by Crippen LogP contribution is -2.51. The van der Waals surface area contributed by atoms with Crippen molar-refractivity contribution < 1.29 is 47.8 Å². The van der Waals surface area contributed by atoms with Crippen LogP contribution in [0.5, 0.6) is 0 Å². The van der Waals surface area contributed by atoms with E-state index in [0.29, 0.717) is 30.5 Å². The van der Waals surface area contributed by atoms with Gasteiger partial charge in [0.1, 0.15) is 25.4 Å². The molecule has 15 nitrogen and oxygen atoms in total. The van der Waals surface area contributed by atoms with Gasteiger partial charge in [-0.2, -0.15) is 0 Å². The molecule has 1 unspecified atom stereocenters. The molecule has 0 aliphatic carbocycles. The van der Waals surface area contributed by atoms with Crippen LogP contribution in [-0.2, 0) is 40.1 Å². The van der Waals surface area contributed by atoms with Crippen LogP contribution in [0.3, 0.4) is 0 Å². The number of anilines is 1. The molecule has 7 amide bonds. The number of ether oxygens (including phenoxy) is 1. The molecule has 0 saturated carbocycles. The molecule has 1 aromatic carbocycles. The van der Waals surface area contributed by atoms with E-state index >= 15 is 0 Å². The summed E-state index contributed by atoms with van der Waals surface area (Å²) in [7, 11) is 0. The molecule has 2 rings (SSSR count). The Morgan fingerprint density at radius 1 is 0.875 bits per heavy atom. The Morgan fingerprint density at radius 2 is 1.54 bits per heavy atom. The molecule has 0 fully saturated rings. The van der Waals surface area contributed by atoms with Crippen molar-refractivity contribution in [2.24, 2.45) is 5.92 Å². The summed E-state index contributed by atoms with van der Waals surface area (Å²) in [5.74, 6) is -2.89. The molecule has 1 aliphatic rings. The maximum absolute atomic E-state index is 13.2. The number of alkyl carbamates (subject to hydrolysis) is 1. The number of aliphatic hydroxyl groups is 1. The van der Waals surface area contributed by atoms with Crippen molar-refractivity contribution in [1.82, 2.24) is 26.2 Å². The van der Waals surface area contributed by atoms with Gasteiger partial charge in [-0.1, -0.05) is 32.4 Å². The highest BCUT2D eigenvalue weighted by Crippen LogP contribution is 2.11. The highest BCUT2D eigenvalue weighted by molar-refractivity contribution is 6.12. The largest absolute Gasteiger partial charge is 0.445 e. The van der Waals surface area contributed by atoms with Crippen molar-refractivity contribution in [1.29, 1.82) is 0 Å². The molecule has 0 bridgehead atoms. The number of halogens is 1. The first-order valence-corrected chi connectivity index (χ1v) is 15.7. The number of carbonyl (C=O) groups is 7. The lowest BCUT2D eigenvalue weighted by molar-refractivity contribution is -0.137. The Morgan fingerprint density at radius 3 is 2.15 bits per heavy atom. The van der Waals surface area contributed by atoms with Crippen LogP contribution in [0.15, 0.2) is 36.4 Å². The zero-order valence-electron chi connectivity index (χ0n) is 27.4. The molecular formula is C32H45FN6O9. The third kappa shape index (κ3) is 14.3. The second-order valence-electron chi connectivity index (χ2n) is 11.6. The smallest absolute Gasteiger partial charge is 0.407 e. The van der Waals surface area contributed by atoms with E-state index in [-0.39, 0.29) is 62.7 Å². The minimum Gasteiger partial charge on any atom is -0.445 e. The Bertz CT molecular complexity index is 1300. The van der Waals surface area contributed by atoms with Crippen molar-refractivity contribution in [2.45, 2.75) is 77.7 Å². The summed E-state index contributed by atoms with van der Waals surface area (Å²) in [5.41, 5.74) is 1.00. The zero-order valence-corrected chi connectivity index (χ0v) is 27.4. The first-order chi connectivity index (χ1) is 22.8. The number of carbonyl (C=O) groups excluding carboxylic acids is 7. The van der Waals surface area contributed by atoms with Crippen molar-refractivity contribution in [3.63, 3.8) is 0 Å². The van der Waals surface area contributed by atoms with Crippen LogP contribution in [0, 0.1) is 5.92 Å². The minimum absolute atomic E-state index is 0.0560. The van der Waals surface area contributed by atoms with Crippen molar-refractivity contribution in [2.75, 3.05) is 31.6 Å². The van der Waals surface area contributed by atoms with Crippen LogP contribution in [0.4, 0.5) is 14.9 Å². The summed E-state index contributed by atoms with van der Waals surface area (Å²) >= 11 is 0. The Labute approximate surface area is 278 Å². The number of imide groups is 1. The number of nitrogens with zero attached hydrogens (tertiary/aromatic N) is 1. The zero-order chi connectivity index (χ0) is 35.6. The van der Waals surface area contributed by atoms with E-state index in [1.54, 1.807) is 38.1 Å². The Hall–Kier alpha value is -4.86. The van der Waals surface area contributed by atoms with Crippen molar-refractivity contribution >= 4 is 47.2 Å². The molecule has 3 atom stereocenters. The van der Waals surface area contributed by atoms with Gasteiger partial charge in [-0.25, -0.2) is 9.18 Å². The van der Waals surface area contributed by atoms with Crippen LogP contribution in [0.1, 0.15) is 58.4 Å². The predicted octanol–water partition coefficient (Wildman–Crippen LogP) is 0.819. The highest BCUT2D eigenvalue weighted by Gasteiger charge is 2.25. The van der Waals surface area contributed by atoms with Gasteiger partial charge in [-0.05, 0) is 49.8 Å². The van der Waals surface area contributed by atoms with Crippen LogP contribution in [-0.4, -0.2) is 96.0 Å². The lowest BCUT2D eigenvalue weighted by Gasteiger charge is -2.21. The van der Waals surface area contributed by atoms with E-state index in [9.17, 15) is 38.0 Å². The van der Waals surface area contributed by atoms with Gasteiger partial charge in [-0.3, -0.25) is 33.7 Å². The van der Waals surface area contributed by atoms with Gasteiger partial charge in [0.2, 0.25) is 23.6 Å². The summed E-state index contributed by atoms with van der Waals surface area (Å²) in [6.45, 7) is 3.81. The number of alkyl halides is 1. The monoisotopic (exact) mass is 676 g/mol. The van der Waals surface area contributed by atoms with Gasteiger partial charge in [0.05, 0.1) is 12.6 Å². The molecule has 6 N–H and O–H groups in total. The first-order valence-electron chi connectivity index (χ1n) is 15.7. The summed E-state index contributed by atoms with van der Waals surface area (Å²) in [4.78, 5) is 85.3. The molecule has 48 heavy (non-hydrogen) atoms. The molecule has 1 aromatic rings. The van der Waals surface area contributed by atoms with E-state index < -0.39 is 48.7 Å². The predicted molar refractivity (Wildman–Crippen MR) is 172 cm³/mol. The summed E-state index contributed by atoms with van der Waals surface area (Å²) in [5, 5.41) is 21.8. The first kappa shape index (κ1) is 39.3. The number of nitrogens with one attached hydrogen (secondary N) is 5. The molecule has 16 heteroatoms. The number of hydrogen-bond donors (Lipinski definition) is 6. The second-order valence-corrected chi connectivity index (χ2v) is 11.6. The molecular weight excluding hydrogens is 631 g/mol. The quantitative estimate of drug-likeness (QED) is 0.0851. The summed E-state index contributed by atoms with van der Waals surface area (Å²) in [6.07, 6.45) is 2.34. The van der Waals surface area contributed by atoms with Crippen molar-refractivity contribution in [3.05, 3.63) is 42.0 Å². The molecule has 0 aromatic heterocycles. The number of rotatable bonds is 20. The molecule has 0 radical (unpaired) electrons. The van der Waals surface area contributed by atoms with Gasteiger partial charge >= 0.3 is 6.09 Å². The second kappa shape index (κ2) is 20.4.